The molecule has 0 bridgehead atoms. The van der Waals surface area contributed by atoms with Gasteiger partial charge in [-0.25, -0.2) is 15.0 Å². The predicted molar refractivity (Wildman–Crippen MR) is 168 cm³/mol. The third kappa shape index (κ3) is 14.0. The highest BCUT2D eigenvalue weighted by atomic mass is 33.1. The van der Waals surface area contributed by atoms with Crippen molar-refractivity contribution in [3.05, 3.63) is 12.7 Å². The van der Waals surface area contributed by atoms with Crippen molar-refractivity contribution in [2.45, 2.75) is 77.9 Å². The molecular weight excluding hydrogens is 582 g/mol. The molecule has 0 aromatic carbocycles. The lowest BCUT2D eigenvalue weighted by Crippen LogP contribution is -2.18. The second-order valence-electron chi connectivity index (χ2n) is 8.82. The fourth-order valence-electron chi connectivity index (χ4n) is 3.61. The average molecular weight is 626 g/mol. The van der Waals surface area contributed by atoms with Gasteiger partial charge in [-0.05, 0) is 19.6 Å². The van der Waals surface area contributed by atoms with Crippen molar-refractivity contribution >= 4 is 67.8 Å². The summed E-state index contributed by atoms with van der Waals surface area (Å²) < 4.78 is 32.6. The van der Waals surface area contributed by atoms with Gasteiger partial charge < -0.3 is 24.1 Å². The Kier molecular flexibility index (Phi) is 18.5. The molecule has 0 amide bonds. The lowest BCUT2D eigenvalue weighted by Gasteiger charge is -2.21. The van der Waals surface area contributed by atoms with E-state index in [2.05, 4.69) is 21.9 Å². The number of ether oxygens (including phenoxy) is 1. The monoisotopic (exact) mass is 625 g/mol. The molecule has 0 aliphatic heterocycles. The van der Waals surface area contributed by atoms with Gasteiger partial charge in [-0.15, -0.1) is 0 Å². The molecular formula is C24H44N5O4PS4. The summed E-state index contributed by atoms with van der Waals surface area (Å²) in [6.45, 7) is 5.35. The van der Waals surface area contributed by atoms with E-state index in [1.807, 2.05) is 28.5 Å². The van der Waals surface area contributed by atoms with Crippen molar-refractivity contribution in [3.63, 3.8) is 0 Å². The van der Waals surface area contributed by atoms with Crippen LogP contribution in [0.5, 0.6) is 0 Å². The highest BCUT2D eigenvalue weighted by molar-refractivity contribution is 8.76. The maximum atomic E-state index is 13.4. The lowest BCUT2D eigenvalue weighted by atomic mass is 10.1. The molecule has 14 heteroatoms. The van der Waals surface area contributed by atoms with E-state index in [4.69, 9.17) is 19.5 Å². The molecule has 2 N–H and O–H groups in total. The van der Waals surface area contributed by atoms with Gasteiger partial charge in [0, 0.05) is 17.3 Å². The first-order valence-electron chi connectivity index (χ1n) is 13.3. The molecule has 2 aromatic rings. The Morgan fingerprint density at radius 1 is 0.947 bits per heavy atom. The van der Waals surface area contributed by atoms with Gasteiger partial charge in [0.2, 0.25) is 0 Å². The lowest BCUT2D eigenvalue weighted by molar-refractivity contribution is 0.0675. The maximum Gasteiger partial charge on any atom is 0.356 e. The number of nitrogen functional groups attached to an aromatic ring is 1. The summed E-state index contributed by atoms with van der Waals surface area (Å²) in [4.78, 5) is 12.5. The van der Waals surface area contributed by atoms with Crippen molar-refractivity contribution in [1.82, 2.24) is 19.5 Å². The Bertz CT molecular complexity index is 942. The summed E-state index contributed by atoms with van der Waals surface area (Å²) >= 11 is 0. The third-order valence-electron chi connectivity index (χ3n) is 5.59. The average Bonchev–Trinajstić information content (AvgIpc) is 3.32. The van der Waals surface area contributed by atoms with Gasteiger partial charge in [0.05, 0.1) is 32.2 Å². The summed E-state index contributed by atoms with van der Waals surface area (Å²) in [5.74, 6) is 2.97. The Balaban J connectivity index is 1.68. The standard InChI is InChI=1S/C24H44N5O4PS4/c1-4-5-6-7-8-9-10-11-14-37-38-16-13-33-34(30,32-12-15-36-35-3)20-31-21(2)17-29-19-28-22-23(25)26-18-27-24(22)29/h18-19,21H,4-17,20H2,1-3H3,(H2,25,26,27)/t21-,34?/m1/s1. The number of hydrogen-bond donors (Lipinski definition) is 1. The summed E-state index contributed by atoms with van der Waals surface area (Å²) in [5.41, 5.74) is 7.07. The van der Waals surface area contributed by atoms with Gasteiger partial charge in [-0.2, -0.15) is 0 Å². The zero-order chi connectivity index (χ0) is 27.5. The van der Waals surface area contributed by atoms with E-state index in [0.717, 1.165) is 17.3 Å². The van der Waals surface area contributed by atoms with E-state index in [1.165, 1.54) is 57.7 Å². The number of aromatic nitrogens is 4. The minimum Gasteiger partial charge on any atom is -0.382 e. The minimum absolute atomic E-state index is 0.0993. The third-order valence-corrected chi connectivity index (χ3v) is 11.4. The van der Waals surface area contributed by atoms with E-state index >= 15 is 0 Å². The molecule has 0 saturated carbocycles. The number of unbranched alkanes of at least 4 members (excludes halogenated alkanes) is 7. The molecule has 0 saturated heterocycles. The van der Waals surface area contributed by atoms with Gasteiger partial charge in [-0.3, -0.25) is 4.57 Å². The minimum atomic E-state index is -3.38. The molecule has 0 aliphatic rings. The van der Waals surface area contributed by atoms with E-state index in [9.17, 15) is 4.57 Å². The second kappa shape index (κ2) is 20.7. The van der Waals surface area contributed by atoms with Gasteiger partial charge in [0.1, 0.15) is 18.2 Å². The quantitative estimate of drug-likeness (QED) is 0.0706. The normalized spacial score (nSPS) is 14.2. The zero-order valence-electron chi connectivity index (χ0n) is 22.9. The maximum absolute atomic E-state index is 13.4. The van der Waals surface area contributed by atoms with Crippen LogP contribution >= 0.6 is 50.8 Å². The number of rotatable bonds is 24. The number of nitrogens with zero attached hydrogens (tertiary/aromatic N) is 4. The first-order chi connectivity index (χ1) is 18.5. The van der Waals surface area contributed by atoms with E-state index in [-0.39, 0.29) is 12.5 Å². The molecule has 218 valence electrons. The number of fused-ring (bicyclic) bond motifs is 1. The smallest absolute Gasteiger partial charge is 0.356 e. The Labute approximate surface area is 244 Å². The van der Waals surface area contributed by atoms with Crippen LogP contribution in [-0.4, -0.2) is 68.7 Å². The van der Waals surface area contributed by atoms with Crippen LogP contribution in [0.2, 0.25) is 0 Å². The molecule has 38 heavy (non-hydrogen) atoms. The highest BCUT2D eigenvalue weighted by Crippen LogP contribution is 2.49. The molecule has 0 aliphatic carbocycles. The molecule has 2 atom stereocenters. The van der Waals surface area contributed by atoms with Gasteiger partial charge in [0.15, 0.2) is 11.5 Å². The molecule has 9 nitrogen and oxygen atoms in total. The van der Waals surface area contributed by atoms with Crippen molar-refractivity contribution in [1.29, 1.82) is 0 Å². The largest absolute Gasteiger partial charge is 0.382 e. The molecule has 2 aromatic heterocycles. The molecule has 2 rings (SSSR count). The van der Waals surface area contributed by atoms with Crippen LogP contribution in [0.1, 0.15) is 65.2 Å². The highest BCUT2D eigenvalue weighted by Gasteiger charge is 2.26. The Hall–Kier alpha value is -0.140. The number of nitrogens with two attached hydrogens (primary N) is 1. The van der Waals surface area contributed by atoms with Gasteiger partial charge in [-0.1, -0.05) is 95.0 Å². The van der Waals surface area contributed by atoms with Crippen molar-refractivity contribution in [3.8, 4) is 0 Å². The molecule has 0 radical (unpaired) electrons. The van der Waals surface area contributed by atoms with Crippen LogP contribution < -0.4 is 5.73 Å². The van der Waals surface area contributed by atoms with Crippen LogP contribution in [0.25, 0.3) is 11.2 Å². The topological polar surface area (TPSA) is 114 Å². The number of anilines is 1. The molecule has 0 fully saturated rings. The fraction of sp³-hybridized carbons (Fsp3) is 0.792. The van der Waals surface area contributed by atoms with Crippen molar-refractivity contribution in [2.75, 3.05) is 48.8 Å². The summed E-state index contributed by atoms with van der Waals surface area (Å²) in [6.07, 6.45) is 15.4. The van der Waals surface area contributed by atoms with Crippen LogP contribution in [0, 0.1) is 0 Å². The first kappa shape index (κ1) is 34.1. The second-order valence-corrected chi connectivity index (χ2v) is 16.2. The van der Waals surface area contributed by atoms with Crippen LogP contribution in [0.4, 0.5) is 5.82 Å². The number of imidazole rings is 1. The summed E-state index contributed by atoms with van der Waals surface area (Å²) in [5, 5.41) is 0. The summed E-state index contributed by atoms with van der Waals surface area (Å²) in [6, 6.07) is 0. The van der Waals surface area contributed by atoms with E-state index in [1.54, 1.807) is 38.7 Å². The van der Waals surface area contributed by atoms with Crippen LogP contribution in [0.15, 0.2) is 12.7 Å². The van der Waals surface area contributed by atoms with Crippen molar-refractivity contribution < 1.29 is 18.3 Å². The Morgan fingerprint density at radius 3 is 2.32 bits per heavy atom. The van der Waals surface area contributed by atoms with Crippen molar-refractivity contribution in [2.24, 2.45) is 0 Å². The van der Waals surface area contributed by atoms with E-state index in [0.29, 0.717) is 36.7 Å². The van der Waals surface area contributed by atoms with Gasteiger partial charge >= 0.3 is 7.60 Å². The molecule has 2 heterocycles. The molecule has 0 spiro atoms. The zero-order valence-corrected chi connectivity index (χ0v) is 27.1. The Morgan fingerprint density at radius 2 is 1.61 bits per heavy atom. The van der Waals surface area contributed by atoms with Crippen LogP contribution in [0.3, 0.4) is 0 Å². The SMILES string of the molecule is CCCCCCCCCCSSCCOP(=O)(CO[C@H](C)Cn1cnc2c(N)ncnc21)OCCSSC. The van der Waals surface area contributed by atoms with E-state index < -0.39 is 7.60 Å². The summed E-state index contributed by atoms with van der Waals surface area (Å²) in [7, 11) is 3.56. The number of hydrogen-bond acceptors (Lipinski definition) is 12. The van der Waals surface area contributed by atoms with Gasteiger partial charge in [0.25, 0.3) is 0 Å². The predicted octanol–water partition coefficient (Wildman–Crippen LogP) is 7.53. The first-order valence-corrected chi connectivity index (χ1v) is 20.2. The molecule has 1 unspecified atom stereocenters. The van der Waals surface area contributed by atoms with Crippen LogP contribution in [-0.2, 0) is 24.9 Å². The fourth-order valence-corrected chi connectivity index (χ4v) is 8.25.